The van der Waals surface area contributed by atoms with Crippen LogP contribution in [0.25, 0.3) is 5.57 Å². The minimum Gasteiger partial charge on any atom is -0.508 e. The van der Waals surface area contributed by atoms with Gasteiger partial charge in [0.05, 0.1) is 0 Å². The summed E-state index contributed by atoms with van der Waals surface area (Å²) in [5.41, 5.74) is 3.43. The van der Waals surface area contributed by atoms with Crippen molar-refractivity contribution in [1.29, 1.82) is 0 Å². The Balaban J connectivity index is 0. The van der Waals surface area contributed by atoms with Crippen LogP contribution in [0.3, 0.4) is 0 Å². The molecule has 0 heterocycles. The molecule has 152 valence electrons. The van der Waals surface area contributed by atoms with E-state index >= 15 is 0 Å². The number of phenolic OH excluding ortho intramolecular Hbond substituents is 1. The normalized spacial score (nSPS) is 9.07. The van der Waals surface area contributed by atoms with E-state index in [1.165, 1.54) is 11.1 Å². The number of hydrogen-bond donors (Lipinski definition) is 5. The second-order valence-electron chi connectivity index (χ2n) is 4.99. The average molecular weight is 407 g/mol. The molecule has 0 bridgehead atoms. The highest BCUT2D eigenvalue weighted by molar-refractivity contribution is 7.79. The van der Waals surface area contributed by atoms with Gasteiger partial charge in [0, 0.05) is 0 Å². The third-order valence-electron chi connectivity index (χ3n) is 3.00. The van der Waals surface area contributed by atoms with E-state index in [2.05, 4.69) is 30.8 Å². The summed E-state index contributed by atoms with van der Waals surface area (Å²) < 4.78 is 31.6. The van der Waals surface area contributed by atoms with Gasteiger partial charge in [0.1, 0.15) is 5.75 Å². The molecule has 3 aromatic carbocycles. The first-order valence-corrected chi connectivity index (χ1v) is 8.90. The monoisotopic (exact) mass is 406 g/mol. The van der Waals surface area contributed by atoms with E-state index in [1.54, 1.807) is 24.3 Å². The first-order valence-electron chi connectivity index (χ1n) is 7.51. The zero-order valence-electron chi connectivity index (χ0n) is 15.3. The van der Waals surface area contributed by atoms with Crippen molar-refractivity contribution in [2.45, 2.75) is 0 Å². The van der Waals surface area contributed by atoms with Gasteiger partial charge in [-0.05, 0) is 28.8 Å². The number of para-hydroxylation sites is 1. The molecule has 0 saturated heterocycles. The maximum Gasteiger partial charge on any atom is 0.394 e. The Morgan fingerprint density at radius 1 is 0.643 bits per heavy atom. The van der Waals surface area contributed by atoms with Crippen molar-refractivity contribution in [2.24, 2.45) is 0 Å². The van der Waals surface area contributed by atoms with Crippen molar-refractivity contribution in [3.05, 3.63) is 109 Å². The van der Waals surface area contributed by atoms with Gasteiger partial charge < -0.3 is 17.4 Å². The van der Waals surface area contributed by atoms with Gasteiger partial charge in [0.2, 0.25) is 0 Å². The molecule has 0 unspecified atom stereocenters. The molecule has 28 heavy (non-hydrogen) atoms. The molecular weight excluding hydrogens is 380 g/mol. The van der Waals surface area contributed by atoms with Crippen LogP contribution in [0.4, 0.5) is 0 Å². The van der Waals surface area contributed by atoms with Gasteiger partial charge in [0.25, 0.3) is 0 Å². The van der Waals surface area contributed by atoms with Crippen molar-refractivity contribution < 1.29 is 22.6 Å². The maximum absolute atomic E-state index is 8.74. The summed E-state index contributed by atoms with van der Waals surface area (Å²) in [5.74, 6) is 0.322. The average Bonchev–Trinajstić information content (AvgIpc) is 2.62. The lowest BCUT2D eigenvalue weighted by molar-refractivity contribution is 0.381. The van der Waals surface area contributed by atoms with E-state index < -0.39 is 10.4 Å². The third-order valence-corrected chi connectivity index (χ3v) is 3.00. The van der Waals surface area contributed by atoms with Gasteiger partial charge in [-0.1, -0.05) is 85.4 Å². The van der Waals surface area contributed by atoms with Gasteiger partial charge in [-0.15, -0.1) is 0 Å². The van der Waals surface area contributed by atoms with E-state index in [-0.39, 0.29) is 12.3 Å². The SMILES string of the molecule is C=C(c1ccccc1)c1ccccc1.N.N.O=S(=O)(O)O.Oc1ccccc1. The molecule has 0 radical (unpaired) electrons. The minimum atomic E-state index is -4.67. The Bertz CT molecular complexity index is 838. The van der Waals surface area contributed by atoms with Crippen LogP contribution in [0.1, 0.15) is 11.1 Å². The fourth-order valence-electron chi connectivity index (χ4n) is 1.87. The predicted molar refractivity (Wildman–Crippen MR) is 113 cm³/mol. The highest BCUT2D eigenvalue weighted by atomic mass is 32.3. The lowest BCUT2D eigenvalue weighted by Crippen LogP contribution is -1.89. The quantitative estimate of drug-likeness (QED) is 0.381. The predicted octanol–water partition coefficient (Wildman–Crippen LogP) is 4.81. The molecule has 0 aliphatic rings. The Labute approximate surface area is 165 Å². The topological polar surface area (TPSA) is 165 Å². The van der Waals surface area contributed by atoms with Crippen molar-refractivity contribution >= 4 is 16.0 Å². The van der Waals surface area contributed by atoms with Gasteiger partial charge in [-0.2, -0.15) is 8.42 Å². The molecule has 9 N–H and O–H groups in total. The van der Waals surface area contributed by atoms with Gasteiger partial charge in [-0.25, -0.2) is 0 Å². The van der Waals surface area contributed by atoms with E-state index in [4.69, 9.17) is 22.6 Å². The summed E-state index contributed by atoms with van der Waals surface area (Å²) >= 11 is 0. The Hall–Kier alpha value is -3.01. The third kappa shape index (κ3) is 13.2. The highest BCUT2D eigenvalue weighted by Crippen LogP contribution is 2.20. The van der Waals surface area contributed by atoms with Crippen LogP contribution in [-0.4, -0.2) is 22.6 Å². The summed E-state index contributed by atoms with van der Waals surface area (Å²) in [7, 11) is -4.67. The van der Waals surface area contributed by atoms with Crippen LogP contribution < -0.4 is 12.3 Å². The molecule has 0 aliphatic heterocycles. The zero-order chi connectivity index (χ0) is 19.4. The Kier molecular flexibility index (Phi) is 13.7. The summed E-state index contributed by atoms with van der Waals surface area (Å²) in [4.78, 5) is 0. The van der Waals surface area contributed by atoms with Crippen LogP contribution in [0.5, 0.6) is 5.75 Å². The van der Waals surface area contributed by atoms with Crippen molar-refractivity contribution in [3.8, 4) is 5.75 Å². The van der Waals surface area contributed by atoms with Crippen molar-refractivity contribution in [1.82, 2.24) is 12.3 Å². The molecule has 0 spiro atoms. The fraction of sp³-hybridized carbons (Fsp3) is 0. The second-order valence-corrected chi connectivity index (χ2v) is 5.89. The number of benzene rings is 3. The van der Waals surface area contributed by atoms with Crippen LogP contribution >= 0.6 is 0 Å². The molecule has 0 aromatic heterocycles. The number of hydrogen-bond acceptors (Lipinski definition) is 5. The van der Waals surface area contributed by atoms with Crippen LogP contribution in [0.15, 0.2) is 97.6 Å². The molecule has 8 heteroatoms. The Morgan fingerprint density at radius 3 is 1.11 bits per heavy atom. The van der Waals surface area contributed by atoms with Crippen molar-refractivity contribution in [2.75, 3.05) is 0 Å². The largest absolute Gasteiger partial charge is 0.508 e. The van der Waals surface area contributed by atoms with Gasteiger partial charge in [-0.3, -0.25) is 9.11 Å². The summed E-state index contributed by atoms with van der Waals surface area (Å²) in [5, 5.41) is 8.63. The molecule has 0 aliphatic carbocycles. The molecule has 7 nitrogen and oxygen atoms in total. The maximum atomic E-state index is 8.74. The molecule has 0 saturated carbocycles. The number of phenols is 1. The van der Waals surface area contributed by atoms with Crippen LogP contribution in [0, 0.1) is 0 Å². The van der Waals surface area contributed by atoms with E-state index in [0.717, 1.165) is 5.57 Å². The smallest absolute Gasteiger partial charge is 0.394 e. The fourth-order valence-corrected chi connectivity index (χ4v) is 1.87. The molecule has 0 fully saturated rings. The zero-order valence-corrected chi connectivity index (χ0v) is 16.2. The van der Waals surface area contributed by atoms with Crippen LogP contribution in [0.2, 0.25) is 0 Å². The van der Waals surface area contributed by atoms with Crippen molar-refractivity contribution in [3.63, 3.8) is 0 Å². The molecular formula is C20H26N2O5S. The van der Waals surface area contributed by atoms with E-state index in [9.17, 15) is 0 Å². The highest BCUT2D eigenvalue weighted by Gasteiger charge is 1.99. The van der Waals surface area contributed by atoms with Gasteiger partial charge in [0.15, 0.2) is 0 Å². The molecule has 0 amide bonds. The first-order chi connectivity index (χ1) is 12.3. The molecule has 0 atom stereocenters. The standard InChI is InChI=1S/C14H12.C6H6O.2H3N.H2O4S/c1-12(13-8-4-2-5-9-13)14-10-6-3-7-11-14;7-6-4-2-1-3-5-6;;;1-5(2,3)4/h2-11H,1H2;1-5,7H;2*1H3;(H2,1,2,3,4). The second kappa shape index (κ2) is 14.1. The summed E-state index contributed by atoms with van der Waals surface area (Å²) in [6, 6.07) is 29.2. The van der Waals surface area contributed by atoms with Crippen LogP contribution in [-0.2, 0) is 10.4 Å². The summed E-state index contributed by atoms with van der Waals surface area (Å²) in [6.45, 7) is 4.10. The molecule has 3 rings (SSSR count). The van der Waals surface area contributed by atoms with E-state index in [0.29, 0.717) is 5.75 Å². The first kappa shape index (κ1) is 27.2. The summed E-state index contributed by atoms with van der Waals surface area (Å²) in [6.07, 6.45) is 0. The lowest BCUT2D eigenvalue weighted by atomic mass is 10.0. The van der Waals surface area contributed by atoms with Gasteiger partial charge >= 0.3 is 10.4 Å². The molecule has 3 aromatic rings. The minimum absolute atomic E-state index is 0. The van der Waals surface area contributed by atoms with E-state index in [1.807, 2.05) is 42.5 Å². The number of aromatic hydroxyl groups is 1. The number of rotatable bonds is 2. The lowest BCUT2D eigenvalue weighted by Gasteiger charge is -2.04. The Morgan fingerprint density at radius 2 is 0.893 bits per heavy atom.